The van der Waals surface area contributed by atoms with E-state index in [1.807, 2.05) is 48.9 Å². The molecule has 3 aromatic rings. The fraction of sp³-hybridized carbons (Fsp3) is 0.350. The lowest BCUT2D eigenvalue weighted by Gasteiger charge is -2.07. The number of ether oxygens (including phenoxy) is 2. The number of methoxy groups -OCH3 is 2. The predicted molar refractivity (Wildman–Crippen MR) is 109 cm³/mol. The zero-order valence-electron chi connectivity index (χ0n) is 16.3. The number of anilines is 1. The number of amides is 1. The van der Waals surface area contributed by atoms with Crippen molar-refractivity contribution in [2.24, 2.45) is 0 Å². The number of carbonyl (C=O) groups is 2. The van der Waals surface area contributed by atoms with Crippen LogP contribution in [0.1, 0.15) is 41.6 Å². The molecule has 7 nitrogen and oxygen atoms in total. The van der Waals surface area contributed by atoms with Crippen molar-refractivity contribution in [3.8, 4) is 5.75 Å². The molecule has 1 amide bonds. The first-order valence-corrected chi connectivity index (χ1v) is 9.77. The van der Waals surface area contributed by atoms with E-state index in [4.69, 9.17) is 9.47 Å². The summed E-state index contributed by atoms with van der Waals surface area (Å²) in [6.07, 6.45) is 2.22. The molecule has 0 unspecified atom stereocenters. The van der Waals surface area contributed by atoms with Gasteiger partial charge in [0, 0.05) is 29.4 Å². The van der Waals surface area contributed by atoms with Crippen molar-refractivity contribution in [3.05, 3.63) is 41.0 Å². The van der Waals surface area contributed by atoms with Crippen LogP contribution in [0.4, 0.5) is 5.13 Å². The Hall–Kier alpha value is -2.87. The minimum Gasteiger partial charge on any atom is -0.496 e. The van der Waals surface area contributed by atoms with Crippen molar-refractivity contribution >= 4 is 39.2 Å². The van der Waals surface area contributed by atoms with E-state index in [-0.39, 0.29) is 23.9 Å². The first-order valence-electron chi connectivity index (χ1n) is 8.95. The molecule has 0 radical (unpaired) electrons. The fourth-order valence-corrected chi connectivity index (χ4v) is 3.96. The van der Waals surface area contributed by atoms with Gasteiger partial charge in [0.2, 0.25) is 5.91 Å². The molecule has 28 heavy (non-hydrogen) atoms. The highest BCUT2D eigenvalue weighted by Gasteiger charge is 2.21. The Labute approximate surface area is 167 Å². The van der Waals surface area contributed by atoms with Crippen LogP contribution < -0.4 is 10.1 Å². The second-order valence-electron chi connectivity index (χ2n) is 6.58. The lowest BCUT2D eigenvalue weighted by Crippen LogP contribution is -2.14. The largest absolute Gasteiger partial charge is 0.496 e. The highest BCUT2D eigenvalue weighted by Crippen LogP contribution is 2.30. The highest BCUT2D eigenvalue weighted by atomic mass is 32.1. The third kappa shape index (κ3) is 4.01. The van der Waals surface area contributed by atoms with E-state index in [2.05, 4.69) is 10.3 Å². The van der Waals surface area contributed by atoms with Crippen LogP contribution in [-0.4, -0.2) is 35.6 Å². The molecule has 2 aromatic heterocycles. The molecule has 148 valence electrons. The van der Waals surface area contributed by atoms with Gasteiger partial charge in [-0.05, 0) is 24.1 Å². The first-order chi connectivity index (χ1) is 13.4. The van der Waals surface area contributed by atoms with Crippen molar-refractivity contribution in [2.75, 3.05) is 19.5 Å². The third-order valence-corrected chi connectivity index (χ3v) is 5.65. The molecule has 0 atom stereocenters. The fourth-order valence-electron chi connectivity index (χ4n) is 2.99. The number of nitrogens with zero attached hydrogens (tertiary/aromatic N) is 2. The quantitative estimate of drug-likeness (QED) is 0.604. The molecular weight excluding hydrogens is 378 g/mol. The summed E-state index contributed by atoms with van der Waals surface area (Å²) in [6, 6.07) is 7.81. The van der Waals surface area contributed by atoms with E-state index in [1.54, 1.807) is 7.11 Å². The van der Waals surface area contributed by atoms with E-state index in [0.29, 0.717) is 11.7 Å². The minimum atomic E-state index is -0.492. The molecule has 3 rings (SSSR count). The van der Waals surface area contributed by atoms with Crippen molar-refractivity contribution < 1.29 is 19.1 Å². The van der Waals surface area contributed by atoms with Crippen LogP contribution in [0.15, 0.2) is 30.5 Å². The standard InChI is InChI=1S/C20H23N3O4S/c1-12(2)18-17(19(25)27-4)22-20(28-18)21-16(24)9-11-23-10-8-13-14(23)6-5-7-15(13)26-3/h5-8,10,12H,9,11H2,1-4H3,(H,21,22,24). The maximum atomic E-state index is 12.4. The number of esters is 1. The Morgan fingerprint density at radius 1 is 1.25 bits per heavy atom. The Bertz CT molecular complexity index is 1010. The number of carbonyl (C=O) groups excluding carboxylic acids is 2. The van der Waals surface area contributed by atoms with Gasteiger partial charge in [-0.1, -0.05) is 19.9 Å². The van der Waals surface area contributed by atoms with Gasteiger partial charge in [-0.3, -0.25) is 4.79 Å². The lowest BCUT2D eigenvalue weighted by atomic mass is 10.1. The van der Waals surface area contributed by atoms with Crippen LogP contribution in [0.3, 0.4) is 0 Å². The minimum absolute atomic E-state index is 0.110. The molecule has 1 aromatic carbocycles. The molecule has 0 aliphatic carbocycles. The zero-order chi connectivity index (χ0) is 20.3. The second-order valence-corrected chi connectivity index (χ2v) is 7.61. The van der Waals surface area contributed by atoms with Crippen LogP contribution in [0.25, 0.3) is 10.9 Å². The summed E-state index contributed by atoms with van der Waals surface area (Å²) in [6.45, 7) is 4.46. The number of rotatable bonds is 7. The zero-order valence-corrected chi connectivity index (χ0v) is 17.1. The maximum Gasteiger partial charge on any atom is 0.357 e. The van der Waals surface area contributed by atoms with E-state index >= 15 is 0 Å². The van der Waals surface area contributed by atoms with Gasteiger partial charge in [0.05, 0.1) is 19.7 Å². The molecule has 1 N–H and O–H groups in total. The number of thiazole rings is 1. The average Bonchev–Trinajstić information content (AvgIpc) is 3.29. The van der Waals surface area contributed by atoms with Gasteiger partial charge < -0.3 is 19.4 Å². The molecule has 0 saturated heterocycles. The van der Waals surface area contributed by atoms with Crippen molar-refractivity contribution in [1.29, 1.82) is 0 Å². The second kappa shape index (κ2) is 8.43. The predicted octanol–water partition coefficient (Wildman–Crippen LogP) is 4.05. The van der Waals surface area contributed by atoms with Crippen LogP contribution >= 0.6 is 11.3 Å². The summed E-state index contributed by atoms with van der Waals surface area (Å²) < 4.78 is 12.2. The van der Waals surface area contributed by atoms with E-state index < -0.39 is 5.97 Å². The molecule has 8 heteroatoms. The van der Waals surface area contributed by atoms with E-state index in [0.717, 1.165) is 21.5 Å². The Kier molecular flexibility index (Phi) is 5.99. The summed E-state index contributed by atoms with van der Waals surface area (Å²) in [5.74, 6) is 0.261. The van der Waals surface area contributed by atoms with E-state index in [1.165, 1.54) is 18.4 Å². The van der Waals surface area contributed by atoms with E-state index in [9.17, 15) is 9.59 Å². The number of aryl methyl sites for hydroxylation is 1. The van der Waals surface area contributed by atoms with Crippen molar-refractivity contribution in [1.82, 2.24) is 9.55 Å². The number of hydrogen-bond acceptors (Lipinski definition) is 6. The molecule has 0 aliphatic heterocycles. The normalized spacial score (nSPS) is 11.0. The van der Waals surface area contributed by atoms with Gasteiger partial charge in [0.25, 0.3) is 0 Å². The van der Waals surface area contributed by atoms with Crippen LogP contribution in [0.2, 0.25) is 0 Å². The molecule has 0 aliphatic rings. The number of aromatic nitrogens is 2. The summed E-state index contributed by atoms with van der Waals surface area (Å²) in [7, 11) is 2.96. The average molecular weight is 401 g/mol. The van der Waals surface area contributed by atoms with Gasteiger partial charge in [0.1, 0.15) is 5.75 Å². The molecule has 2 heterocycles. The number of fused-ring (bicyclic) bond motifs is 1. The smallest absolute Gasteiger partial charge is 0.357 e. The van der Waals surface area contributed by atoms with Crippen LogP contribution in [-0.2, 0) is 16.1 Å². The Morgan fingerprint density at radius 2 is 2.04 bits per heavy atom. The summed E-state index contributed by atoms with van der Waals surface area (Å²) >= 11 is 1.30. The number of benzene rings is 1. The molecule has 0 fully saturated rings. The first kappa shape index (κ1) is 19.9. The van der Waals surface area contributed by atoms with Gasteiger partial charge in [-0.15, -0.1) is 11.3 Å². The van der Waals surface area contributed by atoms with Gasteiger partial charge >= 0.3 is 5.97 Å². The SMILES string of the molecule is COC(=O)c1nc(NC(=O)CCn2ccc3c(OC)cccc32)sc1C(C)C. The van der Waals surface area contributed by atoms with Crippen LogP contribution in [0.5, 0.6) is 5.75 Å². The molecular formula is C20H23N3O4S. The molecule has 0 bridgehead atoms. The highest BCUT2D eigenvalue weighted by molar-refractivity contribution is 7.16. The Balaban J connectivity index is 1.69. The van der Waals surface area contributed by atoms with Crippen molar-refractivity contribution in [3.63, 3.8) is 0 Å². The summed E-state index contributed by atoms with van der Waals surface area (Å²) in [4.78, 5) is 29.3. The lowest BCUT2D eigenvalue weighted by molar-refractivity contribution is -0.116. The maximum absolute atomic E-state index is 12.4. The number of hydrogen-bond donors (Lipinski definition) is 1. The van der Waals surface area contributed by atoms with Gasteiger partial charge in [-0.2, -0.15) is 0 Å². The topological polar surface area (TPSA) is 82.5 Å². The summed E-state index contributed by atoms with van der Waals surface area (Å²) in [5, 5.41) is 4.21. The van der Waals surface area contributed by atoms with Crippen LogP contribution in [0, 0.1) is 0 Å². The monoisotopic (exact) mass is 401 g/mol. The summed E-state index contributed by atoms with van der Waals surface area (Å²) in [5.41, 5.74) is 1.28. The van der Waals surface area contributed by atoms with Crippen molar-refractivity contribution in [2.45, 2.75) is 32.7 Å². The van der Waals surface area contributed by atoms with Gasteiger partial charge in [-0.25, -0.2) is 9.78 Å². The Morgan fingerprint density at radius 3 is 2.71 bits per heavy atom. The molecule has 0 saturated carbocycles. The number of nitrogens with one attached hydrogen (secondary N) is 1. The third-order valence-electron chi connectivity index (χ3n) is 4.38. The van der Waals surface area contributed by atoms with Gasteiger partial charge in [0.15, 0.2) is 10.8 Å². The molecule has 0 spiro atoms.